The summed E-state index contributed by atoms with van der Waals surface area (Å²) in [6.07, 6.45) is -1.75. The Balaban J connectivity index is 2.36. The lowest BCUT2D eigenvalue weighted by atomic mass is 9.77. The zero-order chi connectivity index (χ0) is 11.0. The van der Waals surface area contributed by atoms with E-state index in [0.29, 0.717) is 6.42 Å². The van der Waals surface area contributed by atoms with E-state index in [1.54, 1.807) is 6.92 Å². The molecule has 1 aliphatic carbocycles. The molecule has 3 nitrogen and oxygen atoms in total. The third kappa shape index (κ3) is 1.78. The zero-order valence-corrected chi connectivity index (χ0v) is 8.67. The van der Waals surface area contributed by atoms with Crippen molar-refractivity contribution in [1.29, 1.82) is 0 Å². The van der Waals surface area contributed by atoms with Crippen LogP contribution in [0.5, 0.6) is 0 Å². The normalized spacial score (nSPS) is 32.1. The smallest absolute Gasteiger partial charge is 0.105 e. The summed E-state index contributed by atoms with van der Waals surface area (Å²) in [5, 5.41) is 29.3. The Morgan fingerprint density at radius 3 is 2.60 bits per heavy atom. The van der Waals surface area contributed by atoms with E-state index < -0.39 is 18.3 Å². The van der Waals surface area contributed by atoms with Crippen molar-refractivity contribution in [2.75, 3.05) is 0 Å². The number of hydrogen-bond acceptors (Lipinski definition) is 3. The number of benzene rings is 1. The van der Waals surface area contributed by atoms with Gasteiger partial charge in [0.2, 0.25) is 0 Å². The van der Waals surface area contributed by atoms with Crippen molar-refractivity contribution in [1.82, 2.24) is 0 Å². The molecule has 0 saturated carbocycles. The van der Waals surface area contributed by atoms with E-state index >= 15 is 0 Å². The summed E-state index contributed by atoms with van der Waals surface area (Å²) >= 11 is 0. The fraction of sp³-hybridized carbons (Fsp3) is 0.500. The Kier molecular flexibility index (Phi) is 2.78. The first kappa shape index (κ1) is 10.6. The van der Waals surface area contributed by atoms with Gasteiger partial charge in [0.25, 0.3) is 0 Å². The highest BCUT2D eigenvalue weighted by Gasteiger charge is 2.36. The number of aliphatic hydroxyl groups is 3. The molecule has 0 saturated heterocycles. The molecule has 4 atom stereocenters. The van der Waals surface area contributed by atoms with E-state index in [1.807, 2.05) is 24.3 Å². The largest absolute Gasteiger partial charge is 0.393 e. The number of rotatable bonds is 1. The zero-order valence-electron chi connectivity index (χ0n) is 8.67. The highest BCUT2D eigenvalue weighted by atomic mass is 16.3. The molecular formula is C12H16O3. The maximum atomic E-state index is 9.89. The summed E-state index contributed by atoms with van der Waals surface area (Å²) in [6.45, 7) is 1.65. The lowest BCUT2D eigenvalue weighted by molar-refractivity contribution is -0.0629. The van der Waals surface area contributed by atoms with Gasteiger partial charge in [-0.05, 0) is 24.5 Å². The molecule has 1 aromatic carbocycles. The Hall–Kier alpha value is -0.900. The molecule has 0 aliphatic heterocycles. The lowest BCUT2D eigenvalue weighted by Crippen LogP contribution is -2.40. The second kappa shape index (κ2) is 3.93. The highest BCUT2D eigenvalue weighted by molar-refractivity contribution is 5.33. The summed E-state index contributed by atoms with van der Waals surface area (Å²) in [5.41, 5.74) is 1.79. The molecule has 0 aromatic heterocycles. The van der Waals surface area contributed by atoms with E-state index in [-0.39, 0.29) is 5.92 Å². The fourth-order valence-corrected chi connectivity index (χ4v) is 2.26. The fourth-order valence-electron chi connectivity index (χ4n) is 2.26. The predicted molar refractivity (Wildman–Crippen MR) is 56.3 cm³/mol. The van der Waals surface area contributed by atoms with Crippen molar-refractivity contribution < 1.29 is 15.3 Å². The van der Waals surface area contributed by atoms with Crippen molar-refractivity contribution >= 4 is 0 Å². The molecule has 0 unspecified atom stereocenters. The second-order valence-corrected chi connectivity index (χ2v) is 4.24. The number of fused-ring (bicyclic) bond motifs is 1. The average Bonchev–Trinajstić information content (AvgIpc) is 2.23. The van der Waals surface area contributed by atoms with Crippen molar-refractivity contribution in [3.05, 3.63) is 35.4 Å². The van der Waals surface area contributed by atoms with E-state index in [1.165, 1.54) is 0 Å². The molecular weight excluding hydrogens is 192 g/mol. The van der Waals surface area contributed by atoms with Crippen LogP contribution in [0.3, 0.4) is 0 Å². The Morgan fingerprint density at radius 1 is 1.27 bits per heavy atom. The number of aliphatic hydroxyl groups excluding tert-OH is 3. The van der Waals surface area contributed by atoms with E-state index in [9.17, 15) is 15.3 Å². The molecule has 0 amide bonds. The SMILES string of the molecule is C[C@H](O)[C@H]1Cc2ccccc2[C@H](O)[C@@H]1O. The minimum atomic E-state index is -0.880. The van der Waals surface area contributed by atoms with E-state index in [2.05, 4.69) is 0 Å². The minimum Gasteiger partial charge on any atom is -0.393 e. The average molecular weight is 208 g/mol. The highest BCUT2D eigenvalue weighted by Crippen LogP contribution is 2.34. The monoisotopic (exact) mass is 208 g/mol. The van der Waals surface area contributed by atoms with Gasteiger partial charge >= 0.3 is 0 Å². The van der Waals surface area contributed by atoms with Gasteiger partial charge in [-0.25, -0.2) is 0 Å². The Labute approximate surface area is 89.0 Å². The maximum absolute atomic E-state index is 9.89. The predicted octanol–water partition coefficient (Wildman–Crippen LogP) is 0.634. The van der Waals surface area contributed by atoms with Crippen LogP contribution in [0, 0.1) is 5.92 Å². The molecule has 0 fully saturated rings. The van der Waals surface area contributed by atoms with Gasteiger partial charge in [0, 0.05) is 5.92 Å². The van der Waals surface area contributed by atoms with Gasteiger partial charge in [-0.1, -0.05) is 24.3 Å². The summed E-state index contributed by atoms with van der Waals surface area (Å²) in [5.74, 6) is -0.283. The molecule has 1 aliphatic rings. The topological polar surface area (TPSA) is 60.7 Å². The van der Waals surface area contributed by atoms with Gasteiger partial charge in [0.15, 0.2) is 0 Å². The van der Waals surface area contributed by atoms with Crippen LogP contribution in [0.4, 0.5) is 0 Å². The molecule has 0 bridgehead atoms. The molecule has 3 N–H and O–H groups in total. The summed E-state index contributed by atoms with van der Waals surface area (Å²) in [4.78, 5) is 0. The molecule has 0 heterocycles. The first-order valence-electron chi connectivity index (χ1n) is 5.23. The van der Waals surface area contributed by atoms with Crippen LogP contribution in [0.15, 0.2) is 24.3 Å². The van der Waals surface area contributed by atoms with Crippen LogP contribution >= 0.6 is 0 Å². The Morgan fingerprint density at radius 2 is 1.93 bits per heavy atom. The van der Waals surface area contributed by atoms with Gasteiger partial charge in [-0.3, -0.25) is 0 Å². The van der Waals surface area contributed by atoms with Crippen molar-refractivity contribution in [2.24, 2.45) is 5.92 Å². The van der Waals surface area contributed by atoms with E-state index in [4.69, 9.17) is 0 Å². The van der Waals surface area contributed by atoms with Gasteiger partial charge in [0.1, 0.15) is 6.10 Å². The lowest BCUT2D eigenvalue weighted by Gasteiger charge is -2.35. The minimum absolute atomic E-state index is 0.283. The van der Waals surface area contributed by atoms with Crippen LogP contribution < -0.4 is 0 Å². The van der Waals surface area contributed by atoms with Gasteiger partial charge < -0.3 is 15.3 Å². The van der Waals surface area contributed by atoms with Crippen LogP contribution in [0.1, 0.15) is 24.2 Å². The van der Waals surface area contributed by atoms with Crippen molar-refractivity contribution in [3.8, 4) is 0 Å². The second-order valence-electron chi connectivity index (χ2n) is 4.24. The first-order valence-corrected chi connectivity index (χ1v) is 5.23. The molecule has 2 rings (SSSR count). The van der Waals surface area contributed by atoms with Crippen molar-refractivity contribution in [2.45, 2.75) is 31.7 Å². The summed E-state index contributed by atoms with van der Waals surface area (Å²) < 4.78 is 0. The van der Waals surface area contributed by atoms with Gasteiger partial charge in [-0.15, -0.1) is 0 Å². The van der Waals surface area contributed by atoms with Crippen molar-refractivity contribution in [3.63, 3.8) is 0 Å². The third-order valence-corrected chi connectivity index (χ3v) is 3.21. The standard InChI is InChI=1S/C12H16O3/c1-7(13)10-6-8-4-2-3-5-9(8)11(14)12(10)15/h2-5,7,10-15H,6H2,1H3/t7-,10+,11-,12+/m0/s1. The molecule has 1 aromatic rings. The molecule has 82 valence electrons. The van der Waals surface area contributed by atoms with Gasteiger partial charge in [0.05, 0.1) is 12.2 Å². The van der Waals surface area contributed by atoms with Crippen LogP contribution in [0.25, 0.3) is 0 Å². The molecule has 0 radical (unpaired) electrons. The van der Waals surface area contributed by atoms with E-state index in [0.717, 1.165) is 11.1 Å². The number of hydrogen-bond donors (Lipinski definition) is 3. The maximum Gasteiger partial charge on any atom is 0.105 e. The van der Waals surface area contributed by atoms with Crippen LogP contribution in [-0.2, 0) is 6.42 Å². The summed E-state index contributed by atoms with van der Waals surface area (Å²) in [7, 11) is 0. The first-order chi connectivity index (χ1) is 7.11. The quantitative estimate of drug-likeness (QED) is 0.634. The van der Waals surface area contributed by atoms with Crippen LogP contribution in [-0.4, -0.2) is 27.5 Å². The summed E-state index contributed by atoms with van der Waals surface area (Å²) in [6, 6.07) is 7.50. The van der Waals surface area contributed by atoms with Crippen LogP contribution in [0.2, 0.25) is 0 Å². The molecule has 3 heteroatoms. The third-order valence-electron chi connectivity index (χ3n) is 3.21. The van der Waals surface area contributed by atoms with Gasteiger partial charge in [-0.2, -0.15) is 0 Å². The molecule has 15 heavy (non-hydrogen) atoms. The molecule has 0 spiro atoms. The Bertz CT molecular complexity index is 348.